The Morgan fingerprint density at radius 3 is 2.82 bits per heavy atom. The summed E-state index contributed by atoms with van der Waals surface area (Å²) in [5.41, 5.74) is 3.03. The normalized spacial score (nSPS) is 17.2. The molecule has 0 spiro atoms. The average Bonchev–Trinajstić information content (AvgIpc) is 3.11. The molecule has 0 unspecified atom stereocenters. The molecular weight excluding hydrogens is 376 g/mol. The SMILES string of the molecule is O=C(c1ccc2oc(Cc3ccc(Cl)cc3)nc2c1)N1CCCC[C@@H]1CCO. The molecule has 1 fully saturated rings. The van der Waals surface area contributed by atoms with Gasteiger partial charge in [-0.15, -0.1) is 0 Å². The fourth-order valence-corrected chi connectivity index (χ4v) is 3.97. The molecule has 1 aliphatic heterocycles. The third-order valence-electron chi connectivity index (χ3n) is 5.30. The van der Waals surface area contributed by atoms with Crippen LogP contribution in [0.25, 0.3) is 11.1 Å². The van der Waals surface area contributed by atoms with Gasteiger partial charge in [-0.2, -0.15) is 0 Å². The van der Waals surface area contributed by atoms with Gasteiger partial charge in [-0.25, -0.2) is 4.98 Å². The number of aromatic nitrogens is 1. The number of halogens is 1. The molecule has 1 atom stereocenters. The van der Waals surface area contributed by atoms with Crippen LogP contribution in [0.2, 0.25) is 5.02 Å². The van der Waals surface area contributed by atoms with E-state index in [-0.39, 0.29) is 18.6 Å². The highest BCUT2D eigenvalue weighted by atomic mass is 35.5. The highest BCUT2D eigenvalue weighted by Crippen LogP contribution is 2.24. The molecule has 2 aromatic carbocycles. The van der Waals surface area contributed by atoms with E-state index < -0.39 is 0 Å². The summed E-state index contributed by atoms with van der Waals surface area (Å²) in [4.78, 5) is 19.5. The van der Waals surface area contributed by atoms with E-state index in [2.05, 4.69) is 4.98 Å². The topological polar surface area (TPSA) is 66.6 Å². The van der Waals surface area contributed by atoms with Crippen molar-refractivity contribution in [2.45, 2.75) is 38.1 Å². The number of amides is 1. The van der Waals surface area contributed by atoms with Crippen molar-refractivity contribution in [3.8, 4) is 0 Å². The Balaban J connectivity index is 1.55. The molecule has 3 aromatic rings. The number of likely N-dealkylation sites (tertiary alicyclic amines) is 1. The fraction of sp³-hybridized carbons (Fsp3) is 0.364. The Morgan fingerprint density at radius 1 is 1.21 bits per heavy atom. The summed E-state index contributed by atoms with van der Waals surface area (Å²) < 4.78 is 5.84. The van der Waals surface area contributed by atoms with Gasteiger partial charge in [-0.3, -0.25) is 4.79 Å². The van der Waals surface area contributed by atoms with Crippen LogP contribution in [-0.4, -0.2) is 40.1 Å². The van der Waals surface area contributed by atoms with Crippen molar-refractivity contribution in [3.05, 3.63) is 64.5 Å². The minimum absolute atomic E-state index is 0.00213. The van der Waals surface area contributed by atoms with Crippen LogP contribution in [0.1, 0.15) is 47.5 Å². The van der Waals surface area contributed by atoms with E-state index in [0.29, 0.717) is 40.4 Å². The minimum Gasteiger partial charge on any atom is -0.440 e. The monoisotopic (exact) mass is 398 g/mol. The summed E-state index contributed by atoms with van der Waals surface area (Å²) >= 11 is 5.93. The van der Waals surface area contributed by atoms with Gasteiger partial charge in [0, 0.05) is 36.2 Å². The zero-order valence-corrected chi connectivity index (χ0v) is 16.4. The van der Waals surface area contributed by atoms with Crippen LogP contribution in [0.15, 0.2) is 46.9 Å². The largest absolute Gasteiger partial charge is 0.440 e. The maximum atomic E-state index is 13.0. The first kappa shape index (κ1) is 19.0. The minimum atomic E-state index is 0.00213. The van der Waals surface area contributed by atoms with Crippen LogP contribution < -0.4 is 0 Å². The van der Waals surface area contributed by atoms with E-state index >= 15 is 0 Å². The van der Waals surface area contributed by atoms with Crippen LogP contribution in [-0.2, 0) is 6.42 Å². The van der Waals surface area contributed by atoms with Crippen LogP contribution in [0.3, 0.4) is 0 Å². The van der Waals surface area contributed by atoms with Gasteiger partial charge in [-0.1, -0.05) is 23.7 Å². The molecule has 5 nitrogen and oxygen atoms in total. The summed E-state index contributed by atoms with van der Waals surface area (Å²) in [6.45, 7) is 0.840. The zero-order chi connectivity index (χ0) is 19.5. The summed E-state index contributed by atoms with van der Waals surface area (Å²) in [5.74, 6) is 0.611. The van der Waals surface area contributed by atoms with E-state index in [9.17, 15) is 9.90 Å². The van der Waals surface area contributed by atoms with Crippen molar-refractivity contribution in [1.82, 2.24) is 9.88 Å². The second kappa shape index (κ2) is 8.33. The van der Waals surface area contributed by atoms with Gasteiger partial charge < -0.3 is 14.4 Å². The highest BCUT2D eigenvalue weighted by molar-refractivity contribution is 6.30. The van der Waals surface area contributed by atoms with E-state index in [0.717, 1.165) is 31.4 Å². The van der Waals surface area contributed by atoms with E-state index in [1.807, 2.05) is 35.2 Å². The van der Waals surface area contributed by atoms with E-state index in [1.165, 1.54) is 0 Å². The quantitative estimate of drug-likeness (QED) is 0.689. The second-order valence-corrected chi connectivity index (χ2v) is 7.69. The second-order valence-electron chi connectivity index (χ2n) is 7.25. The predicted molar refractivity (Wildman–Crippen MR) is 109 cm³/mol. The molecule has 1 amide bonds. The molecular formula is C22H23ClN2O3. The lowest BCUT2D eigenvalue weighted by atomic mass is 9.98. The first-order valence-corrected chi connectivity index (χ1v) is 10.1. The summed E-state index contributed by atoms with van der Waals surface area (Å²) in [7, 11) is 0. The number of hydrogen-bond acceptors (Lipinski definition) is 4. The number of oxazole rings is 1. The average molecular weight is 399 g/mol. The van der Waals surface area contributed by atoms with Crippen LogP contribution >= 0.6 is 11.6 Å². The standard InChI is InChI=1S/C22H23ClN2O3/c23-17-7-4-15(5-8-17)13-21-24-19-14-16(6-9-20(19)28-21)22(27)25-11-2-1-3-18(25)10-12-26/h4-9,14,18,26H,1-3,10-13H2/t18-/m1/s1. The Kier molecular flexibility index (Phi) is 5.64. The van der Waals surface area contributed by atoms with Crippen molar-refractivity contribution in [3.63, 3.8) is 0 Å². The number of fused-ring (bicyclic) bond motifs is 1. The van der Waals surface area contributed by atoms with Gasteiger partial charge in [0.25, 0.3) is 5.91 Å². The van der Waals surface area contributed by atoms with Crippen molar-refractivity contribution >= 4 is 28.6 Å². The molecule has 146 valence electrons. The fourth-order valence-electron chi connectivity index (χ4n) is 3.84. The number of piperidine rings is 1. The summed E-state index contributed by atoms with van der Waals surface area (Å²) in [6, 6.07) is 13.1. The molecule has 1 aliphatic rings. The molecule has 0 bridgehead atoms. The third-order valence-corrected chi connectivity index (χ3v) is 5.55. The number of aliphatic hydroxyl groups is 1. The molecule has 0 saturated carbocycles. The maximum absolute atomic E-state index is 13.0. The number of benzene rings is 2. The number of hydrogen-bond donors (Lipinski definition) is 1. The van der Waals surface area contributed by atoms with Crippen LogP contribution in [0.5, 0.6) is 0 Å². The van der Waals surface area contributed by atoms with Crippen molar-refractivity contribution in [2.75, 3.05) is 13.2 Å². The first-order chi connectivity index (χ1) is 13.6. The van der Waals surface area contributed by atoms with Crippen molar-refractivity contribution < 1.29 is 14.3 Å². The van der Waals surface area contributed by atoms with Gasteiger partial charge in [-0.05, 0) is 61.6 Å². The maximum Gasteiger partial charge on any atom is 0.254 e. The van der Waals surface area contributed by atoms with E-state index in [4.69, 9.17) is 16.0 Å². The Morgan fingerprint density at radius 2 is 2.04 bits per heavy atom. The molecule has 1 N–H and O–H groups in total. The molecule has 1 saturated heterocycles. The zero-order valence-electron chi connectivity index (χ0n) is 15.6. The summed E-state index contributed by atoms with van der Waals surface area (Å²) in [5, 5.41) is 10.00. The molecule has 2 heterocycles. The molecule has 6 heteroatoms. The smallest absolute Gasteiger partial charge is 0.254 e. The molecule has 1 aromatic heterocycles. The Hall–Kier alpha value is -2.37. The van der Waals surface area contributed by atoms with Gasteiger partial charge >= 0.3 is 0 Å². The molecule has 0 radical (unpaired) electrons. The van der Waals surface area contributed by atoms with Crippen molar-refractivity contribution in [2.24, 2.45) is 0 Å². The highest BCUT2D eigenvalue weighted by Gasteiger charge is 2.27. The molecule has 4 rings (SSSR count). The number of nitrogens with zero attached hydrogens (tertiary/aromatic N) is 2. The Bertz CT molecular complexity index is 966. The lowest BCUT2D eigenvalue weighted by Gasteiger charge is -2.35. The molecule has 28 heavy (non-hydrogen) atoms. The lowest BCUT2D eigenvalue weighted by molar-refractivity contribution is 0.0575. The van der Waals surface area contributed by atoms with Crippen LogP contribution in [0, 0.1) is 0 Å². The Labute approximate surface area is 168 Å². The van der Waals surface area contributed by atoms with Gasteiger partial charge in [0.2, 0.25) is 0 Å². The van der Waals surface area contributed by atoms with Crippen LogP contribution in [0.4, 0.5) is 0 Å². The van der Waals surface area contributed by atoms with E-state index in [1.54, 1.807) is 12.1 Å². The lowest BCUT2D eigenvalue weighted by Crippen LogP contribution is -2.44. The number of rotatable bonds is 5. The molecule has 0 aliphatic carbocycles. The van der Waals surface area contributed by atoms with Crippen molar-refractivity contribution in [1.29, 1.82) is 0 Å². The number of carbonyl (C=O) groups excluding carboxylic acids is 1. The third kappa shape index (κ3) is 4.05. The predicted octanol–water partition coefficient (Wildman–Crippen LogP) is 4.45. The first-order valence-electron chi connectivity index (χ1n) is 9.70. The van der Waals surface area contributed by atoms with Gasteiger partial charge in [0.1, 0.15) is 5.52 Å². The summed E-state index contributed by atoms with van der Waals surface area (Å²) in [6.07, 6.45) is 4.25. The number of carbonyl (C=O) groups is 1. The van der Waals surface area contributed by atoms with Gasteiger partial charge in [0.05, 0.1) is 0 Å². The number of aliphatic hydroxyl groups excluding tert-OH is 1. The van der Waals surface area contributed by atoms with Gasteiger partial charge in [0.15, 0.2) is 11.5 Å².